The Balaban J connectivity index is 2.86. The van der Waals surface area contributed by atoms with E-state index in [0.717, 1.165) is 0 Å². The van der Waals surface area contributed by atoms with Gasteiger partial charge in [-0.3, -0.25) is 0 Å². The van der Waals surface area contributed by atoms with E-state index in [9.17, 15) is 0 Å². The molecule has 1 aromatic heterocycles. The van der Waals surface area contributed by atoms with Crippen LogP contribution < -0.4 is 4.90 Å². The zero-order valence-electron chi connectivity index (χ0n) is 17.7. The first-order valence-corrected chi connectivity index (χ1v) is 4.63. The minimum atomic E-state index is -3.50. The van der Waals surface area contributed by atoms with Gasteiger partial charge in [0.05, 0.1) is 7.74 Å². The zero-order valence-corrected chi connectivity index (χ0v) is 8.14. The number of nitrogens with zero attached hydrogens (tertiary/aromatic N) is 1. The maximum absolute atomic E-state index is 8.01. The molecule has 0 bridgehead atoms. The van der Waals surface area contributed by atoms with Gasteiger partial charge in [-0.15, -0.1) is 11.3 Å². The highest BCUT2D eigenvalue weighted by atomic mass is 79.9. The first-order chi connectivity index (χ1) is 10.5. The molecular formula is C9H12BrNS. The summed E-state index contributed by atoms with van der Waals surface area (Å²) in [5, 5.41) is -0.735. The molecule has 1 nitrogen and oxygen atoms in total. The van der Waals surface area contributed by atoms with Crippen LogP contribution in [0.15, 0.2) is 15.9 Å². The van der Waals surface area contributed by atoms with Crippen LogP contribution in [0.5, 0.6) is 0 Å². The van der Waals surface area contributed by atoms with E-state index in [-0.39, 0.29) is 14.7 Å². The quantitative estimate of drug-likeness (QED) is 0.745. The van der Waals surface area contributed by atoms with Crippen molar-refractivity contribution >= 4 is 32.3 Å². The second kappa shape index (κ2) is 3.79. The number of thiophene rings is 1. The fourth-order valence-corrected chi connectivity index (χ4v) is 1.80. The van der Waals surface area contributed by atoms with E-state index < -0.39 is 43.2 Å². The van der Waals surface area contributed by atoms with E-state index >= 15 is 0 Å². The molecule has 0 unspecified atom stereocenters. The molecule has 0 amide bonds. The molecule has 1 aromatic rings. The number of rotatable bonds is 1. The molecule has 0 saturated carbocycles. The first kappa shape index (κ1) is 2.31. The number of anilines is 1. The van der Waals surface area contributed by atoms with Gasteiger partial charge in [0, 0.05) is 36.5 Å². The Bertz CT molecular complexity index is 652. The van der Waals surface area contributed by atoms with Gasteiger partial charge in [-0.2, -0.15) is 0 Å². The minimum absolute atomic E-state index is 0.0659. The summed E-state index contributed by atoms with van der Waals surface area (Å²) in [5.74, 6) is 0. The van der Waals surface area contributed by atoms with Crippen molar-refractivity contribution < 1.29 is 16.4 Å². The fraction of sp³-hybridized carbons (Fsp3) is 0.556. The fourth-order valence-electron chi connectivity index (χ4n) is 0.668. The maximum atomic E-state index is 8.01. The summed E-state index contributed by atoms with van der Waals surface area (Å²) in [6, 6.07) is -0.494. The Morgan fingerprint density at radius 1 is 1.50 bits per heavy atom. The number of hydrogen-bond acceptors (Lipinski definition) is 2. The van der Waals surface area contributed by atoms with Gasteiger partial charge >= 0.3 is 0 Å². The van der Waals surface area contributed by atoms with Gasteiger partial charge in [0.2, 0.25) is 0 Å². The summed E-state index contributed by atoms with van der Waals surface area (Å²) in [5.41, 5.74) is 0. The van der Waals surface area contributed by atoms with Crippen LogP contribution in [-0.4, -0.2) is 13.0 Å². The van der Waals surface area contributed by atoms with Crippen molar-refractivity contribution in [3.8, 4) is 0 Å². The Morgan fingerprint density at radius 3 is 2.83 bits per heavy atom. The van der Waals surface area contributed by atoms with Crippen molar-refractivity contribution in [3.05, 3.63) is 15.9 Å². The van der Waals surface area contributed by atoms with E-state index in [1.807, 2.05) is 0 Å². The Labute approximate surface area is 102 Å². The van der Waals surface area contributed by atoms with Crippen molar-refractivity contribution in [3.63, 3.8) is 0 Å². The molecule has 0 aliphatic carbocycles. The Kier molecular flexibility index (Phi) is 0.732. The standard InChI is InChI=1S/C9H12BrNS/c10-8-6-9(12-7-8)11-4-2-1-3-5-11/h6-7H,1-5H2/i1D2,2D2,3D2,4D2,5D2,6D,7D. The average molecular weight is 258 g/mol. The van der Waals surface area contributed by atoms with Gasteiger partial charge in [-0.1, -0.05) is 0 Å². The molecule has 1 aliphatic heterocycles. The highest BCUT2D eigenvalue weighted by molar-refractivity contribution is 9.10. The molecule has 0 atom stereocenters. The SMILES string of the molecule is [2H]c1sc(N2C([2H])([2H])C([2H])([2H])C([2H])([2H])C([2H])([2H])C2([2H])[2H])c([2H])c1Br. The molecule has 2 heterocycles. The Hall–Kier alpha value is -0.0200. The molecule has 66 valence electrons. The van der Waals surface area contributed by atoms with E-state index in [2.05, 4.69) is 15.9 Å². The molecule has 0 radical (unpaired) electrons. The molecular weight excluding hydrogens is 234 g/mol. The van der Waals surface area contributed by atoms with Gasteiger partial charge in [-0.25, -0.2) is 0 Å². The summed E-state index contributed by atoms with van der Waals surface area (Å²) >= 11 is 3.40. The molecule has 3 heteroatoms. The van der Waals surface area contributed by atoms with Crippen molar-refractivity contribution in [1.29, 1.82) is 0 Å². The van der Waals surface area contributed by atoms with E-state index in [4.69, 9.17) is 16.4 Å². The van der Waals surface area contributed by atoms with Crippen molar-refractivity contribution in [1.82, 2.24) is 0 Å². The second-order valence-corrected chi connectivity index (χ2v) is 3.47. The lowest BCUT2D eigenvalue weighted by Gasteiger charge is -2.26. The lowest BCUT2D eigenvalue weighted by molar-refractivity contribution is 0.580. The average Bonchev–Trinajstić information content (AvgIpc) is 2.64. The molecule has 1 aliphatic rings. The van der Waals surface area contributed by atoms with Crippen LogP contribution in [0.1, 0.15) is 35.6 Å². The molecule has 12 heavy (non-hydrogen) atoms. The Morgan fingerprint density at radius 2 is 2.25 bits per heavy atom. The van der Waals surface area contributed by atoms with Gasteiger partial charge in [0.15, 0.2) is 0 Å². The topological polar surface area (TPSA) is 3.24 Å². The number of piperidine rings is 1. The zero-order chi connectivity index (χ0) is 19.1. The first-order valence-electron chi connectivity index (χ1n) is 9.02. The van der Waals surface area contributed by atoms with Crippen molar-refractivity contribution in [2.45, 2.75) is 19.1 Å². The number of halogens is 1. The third-order valence-corrected chi connectivity index (χ3v) is 2.56. The molecule has 2 rings (SSSR count). The maximum Gasteiger partial charge on any atom is 0.0920 e. The minimum Gasteiger partial charge on any atom is -0.363 e. The third kappa shape index (κ3) is 1.83. The van der Waals surface area contributed by atoms with Crippen LogP contribution in [0.2, 0.25) is 0 Å². The van der Waals surface area contributed by atoms with Crippen LogP contribution >= 0.6 is 27.3 Å². The van der Waals surface area contributed by atoms with Gasteiger partial charge in [0.1, 0.15) is 0 Å². The highest BCUT2D eigenvalue weighted by Gasteiger charge is 2.11. The lowest BCUT2D eigenvalue weighted by atomic mass is 10.1. The molecule has 1 saturated heterocycles. The summed E-state index contributed by atoms with van der Waals surface area (Å²) in [7, 11) is 0. The summed E-state index contributed by atoms with van der Waals surface area (Å²) in [4.78, 5) is 0.108. The van der Waals surface area contributed by atoms with Crippen molar-refractivity contribution in [2.24, 2.45) is 0 Å². The number of hydrogen-bond donors (Lipinski definition) is 0. The molecule has 0 aromatic carbocycles. The third-order valence-electron chi connectivity index (χ3n) is 1.12. The summed E-state index contributed by atoms with van der Waals surface area (Å²) < 4.78 is 94.2. The van der Waals surface area contributed by atoms with Crippen LogP contribution in [0.3, 0.4) is 0 Å². The normalized spacial score (nSPS) is 53.9. The smallest absolute Gasteiger partial charge is 0.0920 e. The van der Waals surface area contributed by atoms with Crippen LogP contribution in [-0.2, 0) is 0 Å². The predicted molar refractivity (Wildman–Crippen MR) is 58.1 cm³/mol. The summed E-state index contributed by atoms with van der Waals surface area (Å²) in [6.07, 6.45) is -10.4. The molecule has 1 fully saturated rings. The van der Waals surface area contributed by atoms with Gasteiger partial charge in [0.25, 0.3) is 0 Å². The van der Waals surface area contributed by atoms with E-state index in [0.29, 0.717) is 11.3 Å². The van der Waals surface area contributed by atoms with Crippen LogP contribution in [0.4, 0.5) is 5.00 Å². The molecule has 0 spiro atoms. The van der Waals surface area contributed by atoms with Crippen LogP contribution in [0, 0.1) is 0 Å². The lowest BCUT2D eigenvalue weighted by Crippen LogP contribution is -2.28. The van der Waals surface area contributed by atoms with Crippen LogP contribution in [0.25, 0.3) is 0 Å². The predicted octanol–water partition coefficient (Wildman–Crippen LogP) is 3.50. The largest absolute Gasteiger partial charge is 0.363 e. The van der Waals surface area contributed by atoms with Gasteiger partial charge < -0.3 is 4.90 Å². The van der Waals surface area contributed by atoms with E-state index in [1.54, 1.807) is 0 Å². The van der Waals surface area contributed by atoms with Gasteiger partial charge in [-0.05, 0) is 41.1 Å². The monoisotopic (exact) mass is 257 g/mol. The molecule has 0 N–H and O–H groups in total. The van der Waals surface area contributed by atoms with E-state index in [1.165, 1.54) is 0 Å². The van der Waals surface area contributed by atoms with Crippen molar-refractivity contribution in [2.75, 3.05) is 17.9 Å². The summed E-state index contributed by atoms with van der Waals surface area (Å²) in [6.45, 7) is -6.64. The highest BCUT2D eigenvalue weighted by Crippen LogP contribution is 2.29. The second-order valence-electron chi connectivity index (χ2n) is 1.88.